The summed E-state index contributed by atoms with van der Waals surface area (Å²) in [6.07, 6.45) is 1.31. The van der Waals surface area contributed by atoms with Gasteiger partial charge < -0.3 is 10.0 Å². The van der Waals surface area contributed by atoms with E-state index in [2.05, 4.69) is 14.9 Å². The fourth-order valence-electron chi connectivity index (χ4n) is 2.30. The number of carboxylic acid groups (broad SMARTS) is 1. The molecule has 18 heavy (non-hydrogen) atoms. The smallest absolute Gasteiger partial charge is 0.309 e. The van der Waals surface area contributed by atoms with Crippen molar-refractivity contribution in [3.8, 4) is 0 Å². The maximum absolute atomic E-state index is 11.2. The maximum Gasteiger partial charge on any atom is 0.309 e. The Labute approximate surface area is 107 Å². The van der Waals surface area contributed by atoms with E-state index in [0.717, 1.165) is 30.4 Å². The maximum atomic E-state index is 11.2. The van der Waals surface area contributed by atoms with Gasteiger partial charge in [0.2, 0.25) is 0 Å². The molecule has 1 saturated heterocycles. The highest BCUT2D eigenvalue weighted by molar-refractivity contribution is 5.74. The molecule has 1 aliphatic heterocycles. The van der Waals surface area contributed by atoms with Crippen molar-refractivity contribution in [2.24, 2.45) is 5.41 Å². The van der Waals surface area contributed by atoms with Crippen LogP contribution in [0.25, 0.3) is 0 Å². The van der Waals surface area contributed by atoms with Crippen LogP contribution in [0.4, 0.5) is 5.82 Å². The van der Waals surface area contributed by atoms with Gasteiger partial charge in [-0.3, -0.25) is 4.79 Å². The third kappa shape index (κ3) is 2.44. The largest absolute Gasteiger partial charge is 0.481 e. The molecule has 5 heteroatoms. The van der Waals surface area contributed by atoms with Gasteiger partial charge >= 0.3 is 5.97 Å². The van der Waals surface area contributed by atoms with Crippen LogP contribution >= 0.6 is 0 Å². The number of carboxylic acids is 1. The van der Waals surface area contributed by atoms with Crippen molar-refractivity contribution in [2.45, 2.75) is 33.6 Å². The van der Waals surface area contributed by atoms with Gasteiger partial charge in [0.25, 0.3) is 0 Å². The standard InChI is InChI=1S/C13H19N3O2/c1-9-8-11(15-10(2)14-9)16-6-4-13(3,5-7-16)12(17)18/h8H,4-7H2,1-3H3,(H,17,18). The first-order valence-corrected chi connectivity index (χ1v) is 6.21. The lowest BCUT2D eigenvalue weighted by Gasteiger charge is -2.37. The van der Waals surface area contributed by atoms with Crippen molar-refractivity contribution in [3.63, 3.8) is 0 Å². The summed E-state index contributed by atoms with van der Waals surface area (Å²) in [7, 11) is 0. The summed E-state index contributed by atoms with van der Waals surface area (Å²) in [5, 5.41) is 9.20. The molecule has 1 N–H and O–H groups in total. The molecule has 1 fully saturated rings. The Morgan fingerprint density at radius 1 is 1.33 bits per heavy atom. The number of aromatic nitrogens is 2. The molecule has 0 unspecified atom stereocenters. The Morgan fingerprint density at radius 2 is 1.94 bits per heavy atom. The summed E-state index contributed by atoms with van der Waals surface area (Å²) < 4.78 is 0. The zero-order valence-electron chi connectivity index (χ0n) is 11.1. The van der Waals surface area contributed by atoms with Crippen LogP contribution in [0.2, 0.25) is 0 Å². The van der Waals surface area contributed by atoms with Crippen LogP contribution < -0.4 is 4.90 Å². The molecular formula is C13H19N3O2. The lowest BCUT2D eigenvalue weighted by molar-refractivity contribution is -0.149. The third-order valence-corrected chi connectivity index (χ3v) is 3.66. The Hall–Kier alpha value is -1.65. The summed E-state index contributed by atoms with van der Waals surface area (Å²) in [5.41, 5.74) is 0.359. The van der Waals surface area contributed by atoms with Gasteiger partial charge in [0, 0.05) is 24.8 Å². The molecule has 2 rings (SSSR count). The molecule has 0 spiro atoms. The average Bonchev–Trinajstić information content (AvgIpc) is 2.28. The van der Waals surface area contributed by atoms with Crippen LogP contribution in [0, 0.1) is 19.3 Å². The van der Waals surface area contributed by atoms with Gasteiger partial charge in [-0.05, 0) is 33.6 Å². The number of aliphatic carboxylic acids is 1. The predicted molar refractivity (Wildman–Crippen MR) is 68.7 cm³/mol. The highest BCUT2D eigenvalue weighted by atomic mass is 16.4. The van der Waals surface area contributed by atoms with Crippen LogP contribution in [0.15, 0.2) is 6.07 Å². The SMILES string of the molecule is Cc1cc(N2CCC(C)(C(=O)O)CC2)nc(C)n1. The van der Waals surface area contributed by atoms with Gasteiger partial charge in [-0.1, -0.05) is 0 Å². The molecule has 0 saturated carbocycles. The van der Waals surface area contributed by atoms with Gasteiger partial charge in [-0.25, -0.2) is 9.97 Å². The van der Waals surface area contributed by atoms with E-state index in [1.807, 2.05) is 26.8 Å². The molecule has 2 heterocycles. The lowest BCUT2D eigenvalue weighted by Crippen LogP contribution is -2.43. The number of carbonyl (C=O) groups is 1. The minimum atomic E-state index is -0.697. The Kier molecular flexibility index (Phi) is 3.24. The first-order valence-electron chi connectivity index (χ1n) is 6.21. The molecule has 5 nitrogen and oxygen atoms in total. The quantitative estimate of drug-likeness (QED) is 0.865. The van der Waals surface area contributed by atoms with Crippen molar-refractivity contribution < 1.29 is 9.90 Å². The molecule has 1 aliphatic rings. The number of hydrogen-bond donors (Lipinski definition) is 1. The van der Waals surface area contributed by atoms with Crippen LogP contribution in [0.3, 0.4) is 0 Å². The Morgan fingerprint density at radius 3 is 2.44 bits per heavy atom. The summed E-state index contributed by atoms with van der Waals surface area (Å²) in [6.45, 7) is 7.12. The predicted octanol–water partition coefficient (Wildman–Crippen LogP) is 1.78. The first-order chi connectivity index (χ1) is 8.40. The van der Waals surface area contributed by atoms with E-state index in [4.69, 9.17) is 0 Å². The molecule has 0 radical (unpaired) electrons. The van der Waals surface area contributed by atoms with E-state index in [1.54, 1.807) is 0 Å². The van der Waals surface area contributed by atoms with Crippen LogP contribution in [0.5, 0.6) is 0 Å². The average molecular weight is 249 g/mol. The second kappa shape index (κ2) is 4.55. The summed E-state index contributed by atoms with van der Waals surface area (Å²) >= 11 is 0. The molecule has 0 aromatic carbocycles. The minimum Gasteiger partial charge on any atom is -0.481 e. The monoisotopic (exact) mass is 249 g/mol. The highest BCUT2D eigenvalue weighted by Crippen LogP contribution is 2.32. The number of anilines is 1. The van der Waals surface area contributed by atoms with Crippen molar-refractivity contribution in [1.29, 1.82) is 0 Å². The molecule has 1 aromatic heterocycles. The Bertz CT molecular complexity index is 445. The fourth-order valence-corrected chi connectivity index (χ4v) is 2.30. The topological polar surface area (TPSA) is 66.3 Å². The lowest BCUT2D eigenvalue weighted by atomic mass is 9.80. The highest BCUT2D eigenvalue weighted by Gasteiger charge is 2.37. The number of rotatable bonds is 2. The summed E-state index contributed by atoms with van der Waals surface area (Å²) in [4.78, 5) is 22.0. The Balaban J connectivity index is 2.12. The second-order valence-corrected chi connectivity index (χ2v) is 5.27. The third-order valence-electron chi connectivity index (χ3n) is 3.66. The van der Waals surface area contributed by atoms with Gasteiger partial charge in [0.1, 0.15) is 11.6 Å². The van der Waals surface area contributed by atoms with Gasteiger partial charge in [-0.2, -0.15) is 0 Å². The van der Waals surface area contributed by atoms with E-state index < -0.39 is 11.4 Å². The molecular weight excluding hydrogens is 230 g/mol. The minimum absolute atomic E-state index is 0.590. The van der Waals surface area contributed by atoms with Crippen molar-refractivity contribution >= 4 is 11.8 Å². The number of hydrogen-bond acceptors (Lipinski definition) is 4. The first kappa shape index (κ1) is 12.8. The van der Waals surface area contributed by atoms with E-state index in [-0.39, 0.29) is 0 Å². The van der Waals surface area contributed by atoms with Crippen LogP contribution in [-0.2, 0) is 4.79 Å². The zero-order valence-corrected chi connectivity index (χ0v) is 11.1. The molecule has 0 aliphatic carbocycles. The molecule has 0 atom stereocenters. The van der Waals surface area contributed by atoms with Gasteiger partial charge in [0.05, 0.1) is 5.41 Å². The zero-order chi connectivity index (χ0) is 13.3. The number of nitrogens with zero attached hydrogens (tertiary/aromatic N) is 3. The van der Waals surface area contributed by atoms with Crippen molar-refractivity contribution in [3.05, 3.63) is 17.6 Å². The van der Waals surface area contributed by atoms with E-state index in [1.165, 1.54) is 0 Å². The van der Waals surface area contributed by atoms with Gasteiger partial charge in [0.15, 0.2) is 0 Å². The van der Waals surface area contributed by atoms with E-state index >= 15 is 0 Å². The normalized spacial score (nSPS) is 18.7. The second-order valence-electron chi connectivity index (χ2n) is 5.27. The van der Waals surface area contributed by atoms with Crippen molar-refractivity contribution in [2.75, 3.05) is 18.0 Å². The summed E-state index contributed by atoms with van der Waals surface area (Å²) in [5.74, 6) is 0.973. The van der Waals surface area contributed by atoms with Gasteiger partial charge in [-0.15, -0.1) is 0 Å². The van der Waals surface area contributed by atoms with E-state index in [9.17, 15) is 9.90 Å². The van der Waals surface area contributed by atoms with Crippen molar-refractivity contribution in [1.82, 2.24) is 9.97 Å². The summed E-state index contributed by atoms with van der Waals surface area (Å²) in [6, 6.07) is 1.95. The molecule has 0 amide bonds. The fraction of sp³-hybridized carbons (Fsp3) is 0.615. The molecule has 0 bridgehead atoms. The van der Waals surface area contributed by atoms with E-state index in [0.29, 0.717) is 12.8 Å². The van der Waals surface area contributed by atoms with Crippen LogP contribution in [0.1, 0.15) is 31.3 Å². The molecule has 1 aromatic rings. The molecule has 98 valence electrons. The number of aryl methyl sites for hydroxylation is 2. The number of piperidine rings is 1. The van der Waals surface area contributed by atoms with Crippen LogP contribution in [-0.4, -0.2) is 34.1 Å².